The molecule has 1 aliphatic rings. The Kier molecular flexibility index (Phi) is 3.91. The molecule has 0 atom stereocenters. The van der Waals surface area contributed by atoms with Gasteiger partial charge in [-0.3, -0.25) is 4.79 Å². The van der Waals surface area contributed by atoms with Crippen molar-refractivity contribution in [3.8, 4) is 5.75 Å². The van der Waals surface area contributed by atoms with Crippen molar-refractivity contribution in [3.05, 3.63) is 65.7 Å². The fraction of sp³-hybridized carbons (Fsp3) is 0.278. The van der Waals surface area contributed by atoms with Crippen molar-refractivity contribution >= 4 is 5.91 Å². The van der Waals surface area contributed by atoms with Crippen LogP contribution in [0.15, 0.2) is 54.6 Å². The molecule has 21 heavy (non-hydrogen) atoms. The van der Waals surface area contributed by atoms with Crippen LogP contribution in [0.4, 0.5) is 0 Å². The molecule has 0 bridgehead atoms. The number of phenolic OH excluding ortho intramolecular Hbond substituents is 1. The molecule has 0 spiro atoms. The minimum Gasteiger partial charge on any atom is -0.508 e. The van der Waals surface area contributed by atoms with E-state index in [0.29, 0.717) is 11.5 Å². The van der Waals surface area contributed by atoms with E-state index in [0.717, 1.165) is 25.9 Å². The Morgan fingerprint density at radius 2 is 1.57 bits per heavy atom. The first-order valence-corrected chi connectivity index (χ1v) is 7.37. The number of phenols is 1. The fourth-order valence-electron chi connectivity index (χ4n) is 2.93. The summed E-state index contributed by atoms with van der Waals surface area (Å²) in [5.41, 5.74) is 2.01. The molecule has 0 unspecified atom stereocenters. The molecule has 3 rings (SSSR count). The van der Waals surface area contributed by atoms with Crippen molar-refractivity contribution in [2.75, 3.05) is 13.1 Å². The number of rotatable bonds is 2. The van der Waals surface area contributed by atoms with Crippen LogP contribution in [0, 0.1) is 0 Å². The third-order valence-electron chi connectivity index (χ3n) is 4.17. The van der Waals surface area contributed by atoms with E-state index < -0.39 is 0 Å². The predicted octanol–water partition coefficient (Wildman–Crippen LogP) is 3.41. The third kappa shape index (κ3) is 3.07. The Morgan fingerprint density at radius 3 is 2.19 bits per heavy atom. The molecule has 1 N–H and O–H groups in total. The maximum absolute atomic E-state index is 12.4. The van der Waals surface area contributed by atoms with Gasteiger partial charge < -0.3 is 10.0 Å². The van der Waals surface area contributed by atoms with Gasteiger partial charge >= 0.3 is 0 Å². The SMILES string of the molecule is O=C(c1ccc(O)cc1)N1CCC(c2ccccc2)CC1. The molecule has 108 valence electrons. The van der Waals surface area contributed by atoms with Crippen molar-refractivity contribution in [2.24, 2.45) is 0 Å². The average molecular weight is 281 g/mol. The fourth-order valence-corrected chi connectivity index (χ4v) is 2.93. The molecule has 0 saturated carbocycles. The number of amides is 1. The van der Waals surface area contributed by atoms with E-state index in [-0.39, 0.29) is 11.7 Å². The Labute approximate surface area is 124 Å². The van der Waals surface area contributed by atoms with E-state index in [1.165, 1.54) is 5.56 Å². The highest BCUT2D eigenvalue weighted by Gasteiger charge is 2.24. The van der Waals surface area contributed by atoms with Gasteiger partial charge in [0.1, 0.15) is 5.75 Å². The molecule has 0 aliphatic carbocycles. The van der Waals surface area contributed by atoms with Gasteiger partial charge in [0.25, 0.3) is 5.91 Å². The number of piperidine rings is 1. The van der Waals surface area contributed by atoms with Crippen LogP contribution in [-0.4, -0.2) is 29.0 Å². The summed E-state index contributed by atoms with van der Waals surface area (Å²) in [5, 5.41) is 9.28. The van der Waals surface area contributed by atoms with Crippen LogP contribution in [0.1, 0.15) is 34.7 Å². The standard InChI is InChI=1S/C18H19NO2/c20-17-8-6-16(7-9-17)18(21)19-12-10-15(11-13-19)14-4-2-1-3-5-14/h1-9,15,20H,10-13H2. The quantitative estimate of drug-likeness (QED) is 0.916. The minimum absolute atomic E-state index is 0.0570. The molecule has 0 radical (unpaired) electrons. The van der Waals surface area contributed by atoms with Gasteiger partial charge in [-0.25, -0.2) is 0 Å². The summed E-state index contributed by atoms with van der Waals surface area (Å²) in [7, 11) is 0. The third-order valence-corrected chi connectivity index (χ3v) is 4.17. The van der Waals surface area contributed by atoms with Gasteiger partial charge in [-0.05, 0) is 48.6 Å². The first-order chi connectivity index (χ1) is 10.2. The van der Waals surface area contributed by atoms with Crippen LogP contribution in [0.25, 0.3) is 0 Å². The Morgan fingerprint density at radius 1 is 0.952 bits per heavy atom. The van der Waals surface area contributed by atoms with Crippen LogP contribution >= 0.6 is 0 Å². The number of aromatic hydroxyl groups is 1. The molecule has 1 fully saturated rings. The van der Waals surface area contributed by atoms with Gasteiger partial charge in [-0.15, -0.1) is 0 Å². The topological polar surface area (TPSA) is 40.5 Å². The molecular formula is C18H19NO2. The van der Waals surface area contributed by atoms with E-state index in [4.69, 9.17) is 0 Å². The normalized spacial score (nSPS) is 15.9. The summed E-state index contributed by atoms with van der Waals surface area (Å²) in [6.07, 6.45) is 2.02. The zero-order valence-electron chi connectivity index (χ0n) is 11.9. The molecule has 1 heterocycles. The zero-order chi connectivity index (χ0) is 14.7. The first kappa shape index (κ1) is 13.7. The average Bonchev–Trinajstić information content (AvgIpc) is 2.56. The number of hydrogen-bond acceptors (Lipinski definition) is 2. The molecule has 1 aliphatic heterocycles. The highest BCUT2D eigenvalue weighted by atomic mass is 16.3. The van der Waals surface area contributed by atoms with Gasteiger partial charge in [0.2, 0.25) is 0 Å². The first-order valence-electron chi connectivity index (χ1n) is 7.37. The number of carbonyl (C=O) groups excluding carboxylic acids is 1. The zero-order valence-corrected chi connectivity index (χ0v) is 11.9. The monoisotopic (exact) mass is 281 g/mol. The lowest BCUT2D eigenvalue weighted by Crippen LogP contribution is -2.37. The van der Waals surface area contributed by atoms with E-state index in [2.05, 4.69) is 24.3 Å². The lowest BCUT2D eigenvalue weighted by Gasteiger charge is -2.32. The second-order valence-corrected chi connectivity index (χ2v) is 5.52. The molecule has 1 saturated heterocycles. The molecule has 0 aromatic heterocycles. The number of carbonyl (C=O) groups is 1. The molecular weight excluding hydrogens is 262 g/mol. The van der Waals surface area contributed by atoms with Crippen LogP contribution in [0.2, 0.25) is 0 Å². The van der Waals surface area contributed by atoms with Crippen molar-refractivity contribution in [2.45, 2.75) is 18.8 Å². The van der Waals surface area contributed by atoms with E-state index in [1.807, 2.05) is 11.0 Å². The number of hydrogen-bond donors (Lipinski definition) is 1. The summed E-state index contributed by atoms with van der Waals surface area (Å²) in [5.74, 6) is 0.797. The smallest absolute Gasteiger partial charge is 0.253 e. The summed E-state index contributed by atoms with van der Waals surface area (Å²) in [6, 6.07) is 17.0. The van der Waals surface area contributed by atoms with Gasteiger partial charge in [-0.1, -0.05) is 30.3 Å². The summed E-state index contributed by atoms with van der Waals surface area (Å²) in [4.78, 5) is 14.3. The lowest BCUT2D eigenvalue weighted by atomic mass is 9.89. The van der Waals surface area contributed by atoms with Gasteiger partial charge in [-0.2, -0.15) is 0 Å². The highest BCUT2D eigenvalue weighted by molar-refractivity contribution is 5.94. The molecule has 3 nitrogen and oxygen atoms in total. The Bertz CT molecular complexity index is 599. The van der Waals surface area contributed by atoms with E-state index in [9.17, 15) is 9.90 Å². The summed E-state index contributed by atoms with van der Waals surface area (Å²) in [6.45, 7) is 1.58. The van der Waals surface area contributed by atoms with Crippen molar-refractivity contribution in [3.63, 3.8) is 0 Å². The van der Waals surface area contributed by atoms with Crippen molar-refractivity contribution in [1.82, 2.24) is 4.90 Å². The van der Waals surface area contributed by atoms with Crippen LogP contribution in [-0.2, 0) is 0 Å². The maximum atomic E-state index is 12.4. The van der Waals surface area contributed by atoms with Gasteiger partial charge in [0, 0.05) is 18.7 Å². The highest BCUT2D eigenvalue weighted by Crippen LogP contribution is 2.28. The minimum atomic E-state index is 0.0570. The van der Waals surface area contributed by atoms with Crippen molar-refractivity contribution in [1.29, 1.82) is 0 Å². The van der Waals surface area contributed by atoms with Gasteiger partial charge in [0.05, 0.1) is 0 Å². The molecule has 3 heteroatoms. The Balaban J connectivity index is 1.63. The largest absolute Gasteiger partial charge is 0.508 e. The second-order valence-electron chi connectivity index (χ2n) is 5.52. The molecule has 1 amide bonds. The number of likely N-dealkylation sites (tertiary alicyclic amines) is 1. The van der Waals surface area contributed by atoms with Crippen LogP contribution in [0.5, 0.6) is 5.75 Å². The van der Waals surface area contributed by atoms with Crippen LogP contribution in [0.3, 0.4) is 0 Å². The van der Waals surface area contributed by atoms with Crippen molar-refractivity contribution < 1.29 is 9.90 Å². The van der Waals surface area contributed by atoms with E-state index >= 15 is 0 Å². The summed E-state index contributed by atoms with van der Waals surface area (Å²) >= 11 is 0. The number of nitrogens with zero attached hydrogens (tertiary/aromatic N) is 1. The Hall–Kier alpha value is -2.29. The molecule has 2 aromatic carbocycles. The number of benzene rings is 2. The molecule has 2 aromatic rings. The van der Waals surface area contributed by atoms with Gasteiger partial charge in [0.15, 0.2) is 0 Å². The predicted molar refractivity (Wildman–Crippen MR) is 82.4 cm³/mol. The second kappa shape index (κ2) is 6.00. The van der Waals surface area contributed by atoms with E-state index in [1.54, 1.807) is 24.3 Å². The lowest BCUT2D eigenvalue weighted by molar-refractivity contribution is 0.0713. The summed E-state index contributed by atoms with van der Waals surface area (Å²) < 4.78 is 0. The maximum Gasteiger partial charge on any atom is 0.253 e. The van der Waals surface area contributed by atoms with Crippen LogP contribution < -0.4 is 0 Å².